The maximum atomic E-state index is 2.42. The quantitative estimate of drug-likeness (QED) is 0.171. The van der Waals surface area contributed by atoms with E-state index in [1.807, 2.05) is 11.3 Å². The van der Waals surface area contributed by atoms with Crippen LogP contribution in [-0.2, 0) is 5.41 Å². The first-order valence-electron chi connectivity index (χ1n) is 19.1. The average molecular weight is 720 g/mol. The highest BCUT2D eigenvalue weighted by molar-refractivity contribution is 7.26. The Morgan fingerprint density at radius 1 is 0.382 bits per heavy atom. The summed E-state index contributed by atoms with van der Waals surface area (Å²) in [6.07, 6.45) is 0. The van der Waals surface area contributed by atoms with Gasteiger partial charge in [-0.15, -0.1) is 11.3 Å². The van der Waals surface area contributed by atoms with Gasteiger partial charge in [-0.25, -0.2) is 0 Å². The van der Waals surface area contributed by atoms with E-state index in [0.717, 1.165) is 17.1 Å². The van der Waals surface area contributed by atoms with Crippen molar-refractivity contribution in [3.63, 3.8) is 0 Å². The molecule has 1 aliphatic rings. The minimum atomic E-state index is -0.0942. The van der Waals surface area contributed by atoms with Crippen LogP contribution in [-0.4, -0.2) is 0 Å². The van der Waals surface area contributed by atoms with E-state index in [1.165, 1.54) is 86.2 Å². The summed E-state index contributed by atoms with van der Waals surface area (Å²) in [7, 11) is 0. The topological polar surface area (TPSA) is 3.24 Å². The van der Waals surface area contributed by atoms with Gasteiger partial charge < -0.3 is 4.90 Å². The SMILES string of the molecule is CC1(C)c2ccccc2-c2ccc(N(c3ccc(-c4cccc5ccccc45)cc3)c3ccc(-c4cccc5sc6cc7ccccc7cc6c45)cc3)cc21. The van der Waals surface area contributed by atoms with Crippen LogP contribution in [0.1, 0.15) is 25.0 Å². The maximum Gasteiger partial charge on any atom is 0.0465 e. The van der Waals surface area contributed by atoms with E-state index >= 15 is 0 Å². The predicted octanol–water partition coefficient (Wildman–Crippen LogP) is 15.5. The van der Waals surface area contributed by atoms with Crippen LogP contribution >= 0.6 is 11.3 Å². The highest BCUT2D eigenvalue weighted by Crippen LogP contribution is 2.51. The zero-order valence-electron chi connectivity index (χ0n) is 30.8. The fraction of sp³-hybridized carbons (Fsp3) is 0.0566. The zero-order chi connectivity index (χ0) is 36.7. The number of nitrogens with zero attached hydrogens (tertiary/aromatic N) is 1. The van der Waals surface area contributed by atoms with Gasteiger partial charge in [0, 0.05) is 42.6 Å². The van der Waals surface area contributed by atoms with Gasteiger partial charge in [-0.3, -0.25) is 0 Å². The lowest BCUT2D eigenvalue weighted by Crippen LogP contribution is -2.16. The summed E-state index contributed by atoms with van der Waals surface area (Å²) in [4.78, 5) is 2.42. The molecule has 0 atom stereocenters. The fourth-order valence-corrected chi connectivity index (χ4v) is 10.3. The van der Waals surface area contributed by atoms with Crippen molar-refractivity contribution in [2.24, 2.45) is 0 Å². The summed E-state index contributed by atoms with van der Waals surface area (Å²) in [5, 5.41) is 7.76. The van der Waals surface area contributed by atoms with E-state index in [1.54, 1.807) is 0 Å². The third kappa shape index (κ3) is 5.06. The molecule has 0 N–H and O–H groups in total. The van der Waals surface area contributed by atoms with Gasteiger partial charge in [0.2, 0.25) is 0 Å². The Morgan fingerprint density at radius 3 is 1.73 bits per heavy atom. The minimum absolute atomic E-state index is 0.0942. The summed E-state index contributed by atoms with van der Waals surface area (Å²) in [5.74, 6) is 0. The van der Waals surface area contributed by atoms with E-state index in [4.69, 9.17) is 0 Å². The second-order valence-electron chi connectivity index (χ2n) is 15.3. The number of benzene rings is 9. The molecule has 0 fully saturated rings. The van der Waals surface area contributed by atoms with Gasteiger partial charge in [0.15, 0.2) is 0 Å². The van der Waals surface area contributed by atoms with Crippen molar-refractivity contribution in [3.05, 3.63) is 199 Å². The first kappa shape index (κ1) is 32.0. The van der Waals surface area contributed by atoms with Gasteiger partial charge in [-0.05, 0) is 121 Å². The molecule has 2 heteroatoms. The number of anilines is 3. The van der Waals surface area contributed by atoms with E-state index in [0.29, 0.717) is 0 Å². The molecule has 0 unspecified atom stereocenters. The first-order chi connectivity index (χ1) is 27.0. The van der Waals surface area contributed by atoms with Crippen LogP contribution in [0, 0.1) is 0 Å². The lowest BCUT2D eigenvalue weighted by atomic mass is 9.82. The van der Waals surface area contributed by atoms with Crippen LogP contribution in [0.15, 0.2) is 188 Å². The summed E-state index contributed by atoms with van der Waals surface area (Å²) in [6.45, 7) is 4.72. The van der Waals surface area contributed by atoms with Gasteiger partial charge in [0.05, 0.1) is 0 Å². The van der Waals surface area contributed by atoms with Gasteiger partial charge in [-0.1, -0.05) is 147 Å². The molecule has 0 saturated heterocycles. The number of hydrogen-bond acceptors (Lipinski definition) is 2. The molecule has 260 valence electrons. The largest absolute Gasteiger partial charge is 0.310 e. The monoisotopic (exact) mass is 719 g/mol. The molecule has 55 heavy (non-hydrogen) atoms. The van der Waals surface area contributed by atoms with E-state index in [2.05, 4.69) is 207 Å². The Kier molecular flexibility index (Phi) is 7.14. The van der Waals surface area contributed by atoms with Crippen molar-refractivity contribution >= 4 is 70.1 Å². The van der Waals surface area contributed by atoms with Crippen molar-refractivity contribution in [2.45, 2.75) is 19.3 Å². The molecule has 0 saturated carbocycles. The van der Waals surface area contributed by atoms with E-state index in [9.17, 15) is 0 Å². The Hall–Kier alpha value is -6.48. The van der Waals surface area contributed by atoms with Crippen LogP contribution in [0.3, 0.4) is 0 Å². The normalized spacial score (nSPS) is 13.1. The summed E-state index contributed by atoms with van der Waals surface area (Å²) in [5.41, 5.74) is 13.7. The van der Waals surface area contributed by atoms with Crippen LogP contribution < -0.4 is 4.90 Å². The number of rotatable bonds is 5. The second-order valence-corrected chi connectivity index (χ2v) is 16.4. The maximum absolute atomic E-state index is 2.42. The minimum Gasteiger partial charge on any atom is -0.310 e. The van der Waals surface area contributed by atoms with Gasteiger partial charge in [-0.2, -0.15) is 0 Å². The summed E-state index contributed by atoms with van der Waals surface area (Å²) >= 11 is 1.88. The highest BCUT2D eigenvalue weighted by Gasteiger charge is 2.35. The predicted molar refractivity (Wildman–Crippen MR) is 237 cm³/mol. The second kappa shape index (κ2) is 12.3. The molecule has 0 aliphatic heterocycles. The molecule has 1 heterocycles. The smallest absolute Gasteiger partial charge is 0.0465 e. The van der Waals surface area contributed by atoms with Crippen molar-refractivity contribution in [3.8, 4) is 33.4 Å². The molecule has 1 aromatic heterocycles. The Labute approximate surface area is 325 Å². The standard InChI is InChI=1S/C53H37NS/c1-53(2)48-19-8-7-16-45(48)46-30-29-41(33-49(46)53)54(39-25-21-35(22-26-39)43-17-9-14-34-11-5-6-15-42(34)43)40-27-23-36(24-28-40)44-18-10-20-50-52(44)47-31-37-12-3-4-13-38(37)32-51(47)55-50/h3-33H,1-2H3. The zero-order valence-corrected chi connectivity index (χ0v) is 31.6. The third-order valence-electron chi connectivity index (χ3n) is 11.9. The molecule has 0 radical (unpaired) electrons. The van der Waals surface area contributed by atoms with Gasteiger partial charge >= 0.3 is 0 Å². The first-order valence-corrected chi connectivity index (χ1v) is 19.9. The number of hydrogen-bond donors (Lipinski definition) is 0. The summed E-state index contributed by atoms with van der Waals surface area (Å²) in [6, 6.07) is 69.6. The van der Waals surface area contributed by atoms with E-state index < -0.39 is 0 Å². The van der Waals surface area contributed by atoms with Crippen molar-refractivity contribution < 1.29 is 0 Å². The Bertz CT molecular complexity index is 3110. The van der Waals surface area contributed by atoms with Crippen LogP contribution in [0.2, 0.25) is 0 Å². The molecule has 11 rings (SSSR count). The van der Waals surface area contributed by atoms with Gasteiger partial charge in [0.1, 0.15) is 0 Å². The number of thiophene rings is 1. The summed E-state index contributed by atoms with van der Waals surface area (Å²) < 4.78 is 2.65. The average Bonchev–Trinajstić information content (AvgIpc) is 3.71. The molecule has 10 aromatic rings. The van der Waals surface area contributed by atoms with E-state index in [-0.39, 0.29) is 5.41 Å². The fourth-order valence-electron chi connectivity index (χ4n) is 9.09. The van der Waals surface area contributed by atoms with Crippen LogP contribution in [0.25, 0.3) is 75.1 Å². The molecule has 0 spiro atoms. The molecule has 9 aromatic carbocycles. The Balaban J connectivity index is 1.04. The van der Waals surface area contributed by atoms with Gasteiger partial charge in [0.25, 0.3) is 0 Å². The lowest BCUT2D eigenvalue weighted by Gasteiger charge is -2.28. The highest BCUT2D eigenvalue weighted by atomic mass is 32.1. The molecular weight excluding hydrogens is 683 g/mol. The molecule has 0 bridgehead atoms. The lowest BCUT2D eigenvalue weighted by molar-refractivity contribution is 0.660. The molecular formula is C53H37NS. The molecule has 1 nitrogen and oxygen atoms in total. The number of fused-ring (bicyclic) bond motifs is 8. The van der Waals surface area contributed by atoms with Crippen molar-refractivity contribution in [1.82, 2.24) is 0 Å². The Morgan fingerprint density at radius 2 is 0.945 bits per heavy atom. The molecule has 0 amide bonds. The van der Waals surface area contributed by atoms with Crippen LogP contribution in [0.4, 0.5) is 17.1 Å². The third-order valence-corrected chi connectivity index (χ3v) is 13.0. The van der Waals surface area contributed by atoms with Crippen molar-refractivity contribution in [2.75, 3.05) is 4.90 Å². The van der Waals surface area contributed by atoms with Crippen molar-refractivity contribution in [1.29, 1.82) is 0 Å². The molecule has 1 aliphatic carbocycles. The van der Waals surface area contributed by atoms with Crippen LogP contribution in [0.5, 0.6) is 0 Å².